The van der Waals surface area contributed by atoms with Gasteiger partial charge in [0, 0.05) is 18.2 Å². The van der Waals surface area contributed by atoms with Crippen molar-refractivity contribution in [1.82, 2.24) is 0 Å². The lowest BCUT2D eigenvalue weighted by Crippen LogP contribution is -2.35. The molecule has 0 bridgehead atoms. The highest BCUT2D eigenvalue weighted by Gasteiger charge is 2.39. The zero-order valence-corrected chi connectivity index (χ0v) is 11.6. The minimum absolute atomic E-state index is 0.0359. The topological polar surface area (TPSA) is 49.3 Å². The summed E-state index contributed by atoms with van der Waals surface area (Å²) in [5, 5.41) is 13.1. The van der Waals surface area contributed by atoms with E-state index in [-0.39, 0.29) is 17.6 Å². The second-order valence-electron chi connectivity index (χ2n) is 5.64. The van der Waals surface area contributed by atoms with Gasteiger partial charge in [-0.05, 0) is 42.9 Å². The summed E-state index contributed by atoms with van der Waals surface area (Å²) in [7, 11) is 0. The van der Waals surface area contributed by atoms with Crippen LogP contribution in [0.2, 0.25) is 0 Å². The number of benzene rings is 1. The van der Waals surface area contributed by atoms with Crippen LogP contribution < -0.4 is 5.32 Å². The number of hydrogen-bond acceptors (Lipinski definition) is 2. The molecule has 1 aromatic carbocycles. The third kappa shape index (κ3) is 2.63. The van der Waals surface area contributed by atoms with E-state index < -0.39 is 5.60 Å². The lowest BCUT2D eigenvalue weighted by Gasteiger charge is -2.38. The Balaban J connectivity index is 2.52. The Morgan fingerprint density at radius 1 is 1.42 bits per heavy atom. The Kier molecular flexibility index (Phi) is 3.63. The molecule has 0 spiro atoms. The molecular formula is C15H20FNO2. The minimum atomic E-state index is -0.922. The van der Waals surface area contributed by atoms with Gasteiger partial charge in [-0.2, -0.15) is 0 Å². The van der Waals surface area contributed by atoms with Crippen molar-refractivity contribution in [3.05, 3.63) is 29.1 Å². The Morgan fingerprint density at radius 2 is 2.05 bits per heavy atom. The predicted octanol–water partition coefficient (Wildman–Crippen LogP) is 3.28. The van der Waals surface area contributed by atoms with Gasteiger partial charge in [0.15, 0.2) is 0 Å². The first-order valence-corrected chi connectivity index (χ1v) is 6.67. The molecule has 19 heavy (non-hydrogen) atoms. The van der Waals surface area contributed by atoms with E-state index in [1.807, 2.05) is 13.8 Å². The first kappa shape index (κ1) is 14.0. The summed E-state index contributed by atoms with van der Waals surface area (Å²) >= 11 is 0. The molecule has 0 atom stereocenters. The van der Waals surface area contributed by atoms with Crippen LogP contribution in [0.5, 0.6) is 0 Å². The summed E-state index contributed by atoms with van der Waals surface area (Å²) in [6.45, 7) is 5.19. The van der Waals surface area contributed by atoms with Gasteiger partial charge in [-0.15, -0.1) is 0 Å². The number of amides is 1. The van der Waals surface area contributed by atoms with Gasteiger partial charge in [-0.25, -0.2) is 4.39 Å². The van der Waals surface area contributed by atoms with Crippen LogP contribution in [-0.2, 0) is 10.4 Å². The van der Waals surface area contributed by atoms with Gasteiger partial charge in [0.1, 0.15) is 5.82 Å². The zero-order valence-electron chi connectivity index (χ0n) is 11.6. The molecule has 1 fully saturated rings. The van der Waals surface area contributed by atoms with Crippen LogP contribution in [0.15, 0.2) is 12.1 Å². The summed E-state index contributed by atoms with van der Waals surface area (Å²) in [6, 6.07) is 3.02. The van der Waals surface area contributed by atoms with Crippen molar-refractivity contribution in [3.63, 3.8) is 0 Å². The monoisotopic (exact) mass is 265 g/mol. The Hall–Kier alpha value is -1.42. The SMILES string of the molecule is CC(=O)Nc1cc(F)c(C(C)C)cc1C1(O)CCC1. The third-order valence-electron chi connectivity index (χ3n) is 3.75. The molecule has 0 heterocycles. The Labute approximate surface area is 112 Å². The molecule has 2 N–H and O–H groups in total. The van der Waals surface area contributed by atoms with Crippen LogP contribution in [0.3, 0.4) is 0 Å². The molecule has 104 valence electrons. The maximum Gasteiger partial charge on any atom is 0.221 e. The molecule has 1 amide bonds. The van der Waals surface area contributed by atoms with Gasteiger partial charge in [-0.1, -0.05) is 13.8 Å². The molecule has 0 aromatic heterocycles. The quantitative estimate of drug-likeness (QED) is 0.881. The normalized spacial score (nSPS) is 17.2. The number of anilines is 1. The highest BCUT2D eigenvalue weighted by molar-refractivity contribution is 5.89. The number of halogens is 1. The van der Waals surface area contributed by atoms with E-state index in [9.17, 15) is 14.3 Å². The molecular weight excluding hydrogens is 245 g/mol. The van der Waals surface area contributed by atoms with Crippen molar-refractivity contribution in [2.75, 3.05) is 5.32 Å². The second kappa shape index (κ2) is 4.93. The summed E-state index contributed by atoms with van der Waals surface area (Å²) in [4.78, 5) is 11.2. The fourth-order valence-corrected chi connectivity index (χ4v) is 2.49. The highest BCUT2D eigenvalue weighted by Crippen LogP contribution is 2.45. The van der Waals surface area contributed by atoms with Crippen LogP contribution in [0.1, 0.15) is 57.1 Å². The smallest absolute Gasteiger partial charge is 0.221 e. The van der Waals surface area contributed by atoms with Gasteiger partial charge in [0.05, 0.1) is 5.60 Å². The molecule has 0 radical (unpaired) electrons. The molecule has 1 aliphatic rings. The first-order chi connectivity index (χ1) is 8.83. The third-order valence-corrected chi connectivity index (χ3v) is 3.75. The molecule has 0 saturated heterocycles. The van der Waals surface area contributed by atoms with E-state index in [4.69, 9.17) is 0 Å². The number of hydrogen-bond donors (Lipinski definition) is 2. The van der Waals surface area contributed by atoms with Gasteiger partial charge in [0.25, 0.3) is 0 Å². The van der Waals surface area contributed by atoms with E-state index in [0.717, 1.165) is 6.42 Å². The van der Waals surface area contributed by atoms with Crippen molar-refractivity contribution < 1.29 is 14.3 Å². The average molecular weight is 265 g/mol. The van der Waals surface area contributed by atoms with Crippen molar-refractivity contribution in [2.24, 2.45) is 0 Å². The number of nitrogens with one attached hydrogen (secondary N) is 1. The van der Waals surface area contributed by atoms with Crippen LogP contribution in [0.4, 0.5) is 10.1 Å². The summed E-state index contributed by atoms with van der Waals surface area (Å²) in [5.74, 6) is -0.569. The number of carbonyl (C=O) groups is 1. The van der Waals surface area contributed by atoms with Crippen molar-refractivity contribution >= 4 is 11.6 Å². The van der Waals surface area contributed by atoms with E-state index in [1.54, 1.807) is 6.07 Å². The van der Waals surface area contributed by atoms with E-state index in [2.05, 4.69) is 5.32 Å². The standard InChI is InChI=1S/C15H20FNO2/c1-9(2)11-7-12(15(19)5-4-6-15)14(8-13(11)16)17-10(3)18/h7-9,19H,4-6H2,1-3H3,(H,17,18). The highest BCUT2D eigenvalue weighted by atomic mass is 19.1. The van der Waals surface area contributed by atoms with E-state index in [0.29, 0.717) is 29.7 Å². The molecule has 4 heteroatoms. The first-order valence-electron chi connectivity index (χ1n) is 6.67. The molecule has 1 aliphatic carbocycles. The van der Waals surface area contributed by atoms with Crippen molar-refractivity contribution in [3.8, 4) is 0 Å². The lowest BCUT2D eigenvalue weighted by atomic mass is 9.73. The second-order valence-corrected chi connectivity index (χ2v) is 5.64. The Morgan fingerprint density at radius 3 is 2.47 bits per heavy atom. The molecule has 3 nitrogen and oxygen atoms in total. The number of rotatable bonds is 3. The van der Waals surface area contributed by atoms with Gasteiger partial charge in [-0.3, -0.25) is 4.79 Å². The van der Waals surface area contributed by atoms with Crippen LogP contribution in [-0.4, -0.2) is 11.0 Å². The zero-order chi connectivity index (χ0) is 14.2. The fraction of sp³-hybridized carbons (Fsp3) is 0.533. The van der Waals surface area contributed by atoms with Crippen molar-refractivity contribution in [2.45, 2.75) is 51.6 Å². The van der Waals surface area contributed by atoms with E-state index in [1.165, 1.54) is 13.0 Å². The number of carbonyl (C=O) groups excluding carboxylic acids is 1. The molecule has 0 aliphatic heterocycles. The van der Waals surface area contributed by atoms with Crippen LogP contribution in [0, 0.1) is 5.82 Å². The molecule has 1 saturated carbocycles. The lowest BCUT2D eigenvalue weighted by molar-refractivity contribution is -0.114. The largest absolute Gasteiger partial charge is 0.385 e. The molecule has 2 rings (SSSR count). The van der Waals surface area contributed by atoms with Gasteiger partial charge < -0.3 is 10.4 Å². The summed E-state index contributed by atoms with van der Waals surface area (Å²) < 4.78 is 14.0. The minimum Gasteiger partial charge on any atom is -0.385 e. The van der Waals surface area contributed by atoms with Gasteiger partial charge in [0.2, 0.25) is 5.91 Å². The Bertz CT molecular complexity index is 507. The average Bonchev–Trinajstić information content (AvgIpc) is 2.24. The van der Waals surface area contributed by atoms with Gasteiger partial charge >= 0.3 is 0 Å². The summed E-state index contributed by atoms with van der Waals surface area (Å²) in [5.41, 5.74) is 0.676. The maximum atomic E-state index is 14.0. The van der Waals surface area contributed by atoms with Crippen LogP contribution >= 0.6 is 0 Å². The molecule has 0 unspecified atom stereocenters. The maximum absolute atomic E-state index is 14.0. The van der Waals surface area contributed by atoms with E-state index >= 15 is 0 Å². The summed E-state index contributed by atoms with van der Waals surface area (Å²) in [6.07, 6.45) is 2.26. The van der Waals surface area contributed by atoms with Crippen molar-refractivity contribution in [1.29, 1.82) is 0 Å². The fourth-order valence-electron chi connectivity index (χ4n) is 2.49. The molecule has 1 aromatic rings. The number of aliphatic hydroxyl groups is 1. The van der Waals surface area contributed by atoms with Crippen LogP contribution in [0.25, 0.3) is 0 Å². The predicted molar refractivity (Wildman–Crippen MR) is 72.5 cm³/mol.